The minimum Gasteiger partial charge on any atom is -0.381 e. The van der Waals surface area contributed by atoms with Gasteiger partial charge in [0.15, 0.2) is 0 Å². The van der Waals surface area contributed by atoms with E-state index in [4.69, 9.17) is 4.74 Å². The predicted octanol–water partition coefficient (Wildman–Crippen LogP) is 1.79. The summed E-state index contributed by atoms with van der Waals surface area (Å²) >= 11 is 1.68. The topological polar surface area (TPSA) is 47.0 Å². The Balaban J connectivity index is 2.47. The highest BCUT2D eigenvalue weighted by Gasteiger charge is 2.12. The average molecular weight is 229 g/mol. The number of rotatable bonds is 7. The van der Waals surface area contributed by atoms with Crippen molar-refractivity contribution in [3.05, 3.63) is 10.0 Å². The average Bonchev–Trinajstić information content (AvgIpc) is 2.69. The van der Waals surface area contributed by atoms with Gasteiger partial charge < -0.3 is 10.1 Å². The van der Waals surface area contributed by atoms with Gasteiger partial charge in [0, 0.05) is 13.0 Å². The van der Waals surface area contributed by atoms with Crippen LogP contribution in [-0.4, -0.2) is 30.5 Å². The summed E-state index contributed by atoms with van der Waals surface area (Å²) in [4.78, 5) is 0. The van der Waals surface area contributed by atoms with Crippen LogP contribution in [0.25, 0.3) is 0 Å². The molecule has 1 rings (SSSR count). The Morgan fingerprint density at radius 1 is 1.40 bits per heavy atom. The van der Waals surface area contributed by atoms with Gasteiger partial charge in [-0.25, -0.2) is 0 Å². The molecule has 1 aromatic heterocycles. The first-order chi connectivity index (χ1) is 7.31. The Morgan fingerprint density at radius 2 is 2.20 bits per heavy atom. The number of aromatic nitrogens is 2. The van der Waals surface area contributed by atoms with E-state index in [-0.39, 0.29) is 0 Å². The van der Waals surface area contributed by atoms with Crippen LogP contribution in [0.3, 0.4) is 0 Å². The number of nitrogens with one attached hydrogen (secondary N) is 1. The number of nitrogens with zero attached hydrogens (tertiary/aromatic N) is 2. The molecule has 0 amide bonds. The lowest BCUT2D eigenvalue weighted by molar-refractivity contribution is 0.150. The Bertz CT molecular complexity index is 273. The molecule has 0 saturated carbocycles. The minimum absolute atomic E-state index is 0.336. The zero-order valence-corrected chi connectivity index (χ0v) is 10.4. The first-order valence-corrected chi connectivity index (χ1v) is 6.20. The molecule has 0 aromatic carbocycles. The normalized spacial score (nSPS) is 13.0. The van der Waals surface area contributed by atoms with Crippen LogP contribution >= 0.6 is 11.3 Å². The Kier molecular flexibility index (Phi) is 5.75. The van der Waals surface area contributed by atoms with E-state index in [2.05, 4.69) is 22.4 Å². The fourth-order valence-corrected chi connectivity index (χ4v) is 2.33. The van der Waals surface area contributed by atoms with Crippen molar-refractivity contribution in [1.29, 1.82) is 0 Å². The van der Waals surface area contributed by atoms with Crippen molar-refractivity contribution in [3.63, 3.8) is 0 Å². The minimum atomic E-state index is 0.336. The predicted molar refractivity (Wildman–Crippen MR) is 62.2 cm³/mol. The lowest BCUT2D eigenvalue weighted by Gasteiger charge is -2.07. The summed E-state index contributed by atoms with van der Waals surface area (Å²) in [5.74, 6) is 0. The second-order valence-electron chi connectivity index (χ2n) is 3.23. The fourth-order valence-electron chi connectivity index (χ4n) is 1.31. The highest BCUT2D eigenvalue weighted by atomic mass is 32.1. The van der Waals surface area contributed by atoms with Crippen LogP contribution in [0.15, 0.2) is 0 Å². The van der Waals surface area contributed by atoms with E-state index in [1.165, 1.54) is 0 Å². The Hall–Kier alpha value is -0.520. The maximum absolute atomic E-state index is 5.28. The zero-order valence-electron chi connectivity index (χ0n) is 9.62. The van der Waals surface area contributed by atoms with Crippen molar-refractivity contribution in [3.8, 4) is 0 Å². The molecule has 0 aliphatic rings. The standard InChI is InChI=1S/C10H19N3OS/c1-4-8(11-3)10-13-12-9(15-10)6-7-14-5-2/h8,11H,4-7H2,1-3H3. The van der Waals surface area contributed by atoms with Crippen LogP contribution in [0.4, 0.5) is 0 Å². The van der Waals surface area contributed by atoms with E-state index < -0.39 is 0 Å². The molecule has 5 heteroatoms. The van der Waals surface area contributed by atoms with Crippen LogP contribution in [0.1, 0.15) is 36.3 Å². The van der Waals surface area contributed by atoms with Crippen molar-refractivity contribution in [2.24, 2.45) is 0 Å². The molecule has 1 atom stereocenters. The molecule has 0 spiro atoms. The van der Waals surface area contributed by atoms with E-state index in [1.807, 2.05) is 14.0 Å². The quantitative estimate of drug-likeness (QED) is 0.724. The first-order valence-electron chi connectivity index (χ1n) is 5.39. The molecule has 15 heavy (non-hydrogen) atoms. The summed E-state index contributed by atoms with van der Waals surface area (Å²) in [5.41, 5.74) is 0. The van der Waals surface area contributed by atoms with Gasteiger partial charge in [-0.05, 0) is 20.4 Å². The van der Waals surface area contributed by atoms with Crippen LogP contribution in [0.2, 0.25) is 0 Å². The van der Waals surface area contributed by atoms with Gasteiger partial charge in [0.05, 0.1) is 12.6 Å². The molecule has 0 bridgehead atoms. The molecule has 0 radical (unpaired) electrons. The Morgan fingerprint density at radius 3 is 2.80 bits per heavy atom. The van der Waals surface area contributed by atoms with Crippen LogP contribution in [0, 0.1) is 0 Å². The largest absolute Gasteiger partial charge is 0.381 e. The number of ether oxygens (including phenoxy) is 1. The number of hydrogen-bond acceptors (Lipinski definition) is 5. The van der Waals surface area contributed by atoms with Crippen molar-refractivity contribution in [2.45, 2.75) is 32.7 Å². The highest BCUT2D eigenvalue weighted by Crippen LogP contribution is 2.20. The molecular formula is C10H19N3OS. The summed E-state index contributed by atoms with van der Waals surface area (Å²) in [7, 11) is 1.95. The van der Waals surface area contributed by atoms with Gasteiger partial charge in [-0.2, -0.15) is 0 Å². The summed E-state index contributed by atoms with van der Waals surface area (Å²) in [6.07, 6.45) is 1.91. The summed E-state index contributed by atoms with van der Waals surface area (Å²) in [6.45, 7) is 5.64. The zero-order chi connectivity index (χ0) is 11.1. The molecule has 0 saturated heterocycles. The summed E-state index contributed by atoms with van der Waals surface area (Å²) < 4.78 is 5.28. The van der Waals surface area contributed by atoms with Crippen molar-refractivity contribution < 1.29 is 4.74 Å². The monoisotopic (exact) mass is 229 g/mol. The van der Waals surface area contributed by atoms with Gasteiger partial charge in [0.25, 0.3) is 0 Å². The molecule has 0 aliphatic heterocycles. The van der Waals surface area contributed by atoms with Crippen LogP contribution < -0.4 is 5.32 Å². The van der Waals surface area contributed by atoms with E-state index >= 15 is 0 Å². The first kappa shape index (κ1) is 12.5. The highest BCUT2D eigenvalue weighted by molar-refractivity contribution is 7.11. The Labute approximate surface area is 95.1 Å². The van der Waals surface area contributed by atoms with Gasteiger partial charge in [-0.3, -0.25) is 0 Å². The smallest absolute Gasteiger partial charge is 0.134 e. The summed E-state index contributed by atoms with van der Waals surface area (Å²) in [6, 6.07) is 0.336. The number of hydrogen-bond donors (Lipinski definition) is 1. The second-order valence-corrected chi connectivity index (χ2v) is 4.32. The molecule has 0 aliphatic carbocycles. The SMILES string of the molecule is CCOCCc1nnc(C(CC)NC)s1. The van der Waals surface area contributed by atoms with Crippen molar-refractivity contribution >= 4 is 11.3 Å². The second kappa shape index (κ2) is 6.87. The lowest BCUT2D eigenvalue weighted by Crippen LogP contribution is -2.14. The lowest BCUT2D eigenvalue weighted by atomic mass is 10.2. The van der Waals surface area contributed by atoms with Gasteiger partial charge in [0.2, 0.25) is 0 Å². The van der Waals surface area contributed by atoms with Crippen molar-refractivity contribution in [2.75, 3.05) is 20.3 Å². The van der Waals surface area contributed by atoms with Gasteiger partial charge in [0.1, 0.15) is 10.0 Å². The van der Waals surface area contributed by atoms with Crippen LogP contribution in [0.5, 0.6) is 0 Å². The maximum atomic E-state index is 5.28. The molecule has 1 N–H and O–H groups in total. The van der Waals surface area contributed by atoms with E-state index in [0.29, 0.717) is 6.04 Å². The third-order valence-electron chi connectivity index (χ3n) is 2.20. The molecule has 86 valence electrons. The molecule has 1 unspecified atom stereocenters. The van der Waals surface area contributed by atoms with Gasteiger partial charge in [-0.15, -0.1) is 10.2 Å². The molecule has 1 heterocycles. The summed E-state index contributed by atoms with van der Waals surface area (Å²) in [5, 5.41) is 13.7. The third kappa shape index (κ3) is 3.85. The molecular weight excluding hydrogens is 210 g/mol. The van der Waals surface area contributed by atoms with E-state index in [1.54, 1.807) is 11.3 Å². The molecule has 1 aromatic rings. The fraction of sp³-hybridized carbons (Fsp3) is 0.800. The molecule has 0 fully saturated rings. The van der Waals surface area contributed by atoms with E-state index in [0.717, 1.165) is 36.1 Å². The molecule has 4 nitrogen and oxygen atoms in total. The van der Waals surface area contributed by atoms with Crippen molar-refractivity contribution in [1.82, 2.24) is 15.5 Å². The third-order valence-corrected chi connectivity index (χ3v) is 3.30. The van der Waals surface area contributed by atoms with Gasteiger partial charge in [-0.1, -0.05) is 18.3 Å². The van der Waals surface area contributed by atoms with E-state index in [9.17, 15) is 0 Å². The van der Waals surface area contributed by atoms with Crippen LogP contribution in [-0.2, 0) is 11.2 Å². The van der Waals surface area contributed by atoms with Gasteiger partial charge >= 0.3 is 0 Å². The maximum Gasteiger partial charge on any atom is 0.134 e.